The molecule has 1 aromatic carbocycles. The first-order valence-corrected chi connectivity index (χ1v) is 6.61. The van der Waals surface area contributed by atoms with Gasteiger partial charge in [-0.1, -0.05) is 13.0 Å². The SMILES string of the molecule is CCC(Oc1ccc2c(c1)CCCC2)C(=O)OC. The average molecular weight is 248 g/mol. The van der Waals surface area contributed by atoms with Crippen LogP contribution >= 0.6 is 0 Å². The maximum absolute atomic E-state index is 11.5. The van der Waals surface area contributed by atoms with Crippen LogP contribution in [0.5, 0.6) is 5.75 Å². The summed E-state index contributed by atoms with van der Waals surface area (Å²) in [5, 5.41) is 0. The van der Waals surface area contributed by atoms with E-state index in [2.05, 4.69) is 12.1 Å². The lowest BCUT2D eigenvalue weighted by Crippen LogP contribution is -2.27. The Labute approximate surface area is 108 Å². The number of rotatable bonds is 4. The van der Waals surface area contributed by atoms with Crippen molar-refractivity contribution in [3.8, 4) is 5.75 Å². The van der Waals surface area contributed by atoms with Crippen molar-refractivity contribution in [2.45, 2.75) is 45.1 Å². The second-order valence-electron chi connectivity index (χ2n) is 4.68. The fraction of sp³-hybridized carbons (Fsp3) is 0.533. The van der Waals surface area contributed by atoms with Crippen LogP contribution in [0.2, 0.25) is 0 Å². The first-order valence-electron chi connectivity index (χ1n) is 6.61. The third-order valence-corrected chi connectivity index (χ3v) is 3.43. The van der Waals surface area contributed by atoms with E-state index in [1.54, 1.807) is 0 Å². The van der Waals surface area contributed by atoms with Crippen molar-refractivity contribution in [3.63, 3.8) is 0 Å². The zero-order chi connectivity index (χ0) is 13.0. The van der Waals surface area contributed by atoms with Crippen molar-refractivity contribution >= 4 is 5.97 Å². The van der Waals surface area contributed by atoms with Crippen LogP contribution in [-0.2, 0) is 22.4 Å². The van der Waals surface area contributed by atoms with Crippen molar-refractivity contribution < 1.29 is 14.3 Å². The predicted octanol–water partition coefficient (Wildman–Crippen LogP) is 2.90. The minimum absolute atomic E-state index is 0.310. The van der Waals surface area contributed by atoms with Crippen molar-refractivity contribution in [1.82, 2.24) is 0 Å². The molecule has 1 aromatic rings. The standard InChI is InChI=1S/C15H20O3/c1-3-14(15(16)17-2)18-13-9-8-11-6-4-5-7-12(11)10-13/h8-10,14H,3-7H2,1-2H3. The van der Waals surface area contributed by atoms with Gasteiger partial charge in [-0.25, -0.2) is 4.79 Å². The van der Waals surface area contributed by atoms with Crippen LogP contribution in [0.3, 0.4) is 0 Å². The molecule has 0 radical (unpaired) electrons. The molecule has 0 aromatic heterocycles. The van der Waals surface area contributed by atoms with Gasteiger partial charge in [-0.15, -0.1) is 0 Å². The van der Waals surface area contributed by atoms with Crippen LogP contribution in [0, 0.1) is 0 Å². The molecule has 98 valence electrons. The van der Waals surface area contributed by atoms with Gasteiger partial charge >= 0.3 is 5.97 Å². The number of hydrogen-bond acceptors (Lipinski definition) is 3. The van der Waals surface area contributed by atoms with Crippen LogP contribution < -0.4 is 4.74 Å². The van der Waals surface area contributed by atoms with Crippen molar-refractivity contribution in [2.75, 3.05) is 7.11 Å². The van der Waals surface area contributed by atoms with E-state index in [1.807, 2.05) is 13.0 Å². The molecule has 1 aliphatic carbocycles. The molecule has 0 saturated heterocycles. The molecule has 0 heterocycles. The summed E-state index contributed by atoms with van der Waals surface area (Å²) in [6.07, 6.45) is 4.89. The fourth-order valence-electron chi connectivity index (χ4n) is 2.38. The second kappa shape index (κ2) is 5.89. The molecule has 0 saturated carbocycles. The highest BCUT2D eigenvalue weighted by atomic mass is 16.6. The zero-order valence-electron chi connectivity index (χ0n) is 11.1. The van der Waals surface area contributed by atoms with Gasteiger partial charge in [-0.2, -0.15) is 0 Å². The number of benzene rings is 1. The Kier molecular flexibility index (Phi) is 4.24. The third kappa shape index (κ3) is 2.84. The van der Waals surface area contributed by atoms with Gasteiger partial charge in [0.1, 0.15) is 5.75 Å². The largest absolute Gasteiger partial charge is 0.479 e. The van der Waals surface area contributed by atoms with Gasteiger partial charge in [0.25, 0.3) is 0 Å². The Morgan fingerprint density at radius 3 is 2.67 bits per heavy atom. The molecule has 0 N–H and O–H groups in total. The molecule has 3 nitrogen and oxygen atoms in total. The normalized spacial score (nSPS) is 15.7. The summed E-state index contributed by atoms with van der Waals surface area (Å²) in [6.45, 7) is 1.92. The minimum atomic E-state index is -0.503. The summed E-state index contributed by atoms with van der Waals surface area (Å²) in [5.74, 6) is 0.461. The molecule has 0 bridgehead atoms. The van der Waals surface area contributed by atoms with Gasteiger partial charge in [0, 0.05) is 0 Å². The van der Waals surface area contributed by atoms with Crippen LogP contribution in [0.25, 0.3) is 0 Å². The van der Waals surface area contributed by atoms with E-state index in [4.69, 9.17) is 9.47 Å². The van der Waals surface area contributed by atoms with E-state index >= 15 is 0 Å². The molecule has 0 fully saturated rings. The van der Waals surface area contributed by atoms with Gasteiger partial charge < -0.3 is 9.47 Å². The van der Waals surface area contributed by atoms with Gasteiger partial charge in [0.2, 0.25) is 0 Å². The summed E-state index contributed by atoms with van der Waals surface area (Å²) in [7, 11) is 1.39. The van der Waals surface area contributed by atoms with E-state index < -0.39 is 6.10 Å². The Bertz CT molecular complexity index is 426. The van der Waals surface area contributed by atoms with E-state index in [0.29, 0.717) is 6.42 Å². The second-order valence-corrected chi connectivity index (χ2v) is 4.68. The van der Waals surface area contributed by atoms with E-state index in [0.717, 1.165) is 18.6 Å². The highest BCUT2D eigenvalue weighted by Crippen LogP contribution is 2.26. The number of hydrogen-bond donors (Lipinski definition) is 0. The highest BCUT2D eigenvalue weighted by molar-refractivity contribution is 5.74. The van der Waals surface area contributed by atoms with Crippen LogP contribution in [0.4, 0.5) is 0 Å². The van der Waals surface area contributed by atoms with E-state index in [9.17, 15) is 4.79 Å². The van der Waals surface area contributed by atoms with Gasteiger partial charge in [0.05, 0.1) is 7.11 Å². The van der Waals surface area contributed by atoms with Crippen LogP contribution in [-0.4, -0.2) is 19.2 Å². The Balaban J connectivity index is 2.11. The van der Waals surface area contributed by atoms with Gasteiger partial charge in [0.15, 0.2) is 6.10 Å². The van der Waals surface area contributed by atoms with Crippen molar-refractivity contribution in [2.24, 2.45) is 0 Å². The lowest BCUT2D eigenvalue weighted by Gasteiger charge is -2.19. The summed E-state index contributed by atoms with van der Waals surface area (Å²) >= 11 is 0. The summed E-state index contributed by atoms with van der Waals surface area (Å²) in [5.41, 5.74) is 2.78. The molecule has 1 aliphatic rings. The number of methoxy groups -OCH3 is 1. The Morgan fingerprint density at radius 1 is 1.28 bits per heavy atom. The van der Waals surface area contributed by atoms with Crippen LogP contribution in [0.15, 0.2) is 18.2 Å². The lowest BCUT2D eigenvalue weighted by atomic mass is 9.92. The molecule has 1 atom stereocenters. The number of aryl methyl sites for hydroxylation is 2. The predicted molar refractivity (Wildman–Crippen MR) is 69.8 cm³/mol. The summed E-state index contributed by atoms with van der Waals surface area (Å²) < 4.78 is 10.4. The maximum Gasteiger partial charge on any atom is 0.347 e. The van der Waals surface area contributed by atoms with Gasteiger partial charge in [-0.3, -0.25) is 0 Å². The monoisotopic (exact) mass is 248 g/mol. The first-order chi connectivity index (χ1) is 8.74. The number of carbonyl (C=O) groups is 1. The lowest BCUT2D eigenvalue weighted by molar-refractivity contribution is -0.148. The molecule has 3 heteroatoms. The van der Waals surface area contributed by atoms with Crippen LogP contribution in [0.1, 0.15) is 37.3 Å². The minimum Gasteiger partial charge on any atom is -0.479 e. The molecule has 2 rings (SSSR count). The van der Waals surface area contributed by atoms with E-state index in [1.165, 1.54) is 31.1 Å². The average Bonchev–Trinajstić information content (AvgIpc) is 2.43. The molecule has 0 amide bonds. The summed E-state index contributed by atoms with van der Waals surface area (Å²) in [6, 6.07) is 6.14. The summed E-state index contributed by atoms with van der Waals surface area (Å²) in [4.78, 5) is 11.5. The quantitative estimate of drug-likeness (QED) is 0.769. The fourth-order valence-corrected chi connectivity index (χ4v) is 2.38. The zero-order valence-corrected chi connectivity index (χ0v) is 11.1. The molecule has 1 unspecified atom stereocenters. The Hall–Kier alpha value is -1.51. The number of esters is 1. The number of carbonyl (C=O) groups excluding carboxylic acids is 1. The van der Waals surface area contributed by atoms with Crippen molar-refractivity contribution in [1.29, 1.82) is 0 Å². The molecule has 0 spiro atoms. The molecule has 0 aliphatic heterocycles. The Morgan fingerprint density at radius 2 is 2.00 bits per heavy atom. The third-order valence-electron chi connectivity index (χ3n) is 3.43. The highest BCUT2D eigenvalue weighted by Gasteiger charge is 2.19. The molecular weight excluding hydrogens is 228 g/mol. The van der Waals surface area contributed by atoms with Gasteiger partial charge in [-0.05, 0) is 55.4 Å². The molecule has 18 heavy (non-hydrogen) atoms. The van der Waals surface area contributed by atoms with Crippen molar-refractivity contribution in [3.05, 3.63) is 29.3 Å². The smallest absolute Gasteiger partial charge is 0.347 e. The number of ether oxygens (including phenoxy) is 2. The maximum atomic E-state index is 11.5. The molecular formula is C15H20O3. The first kappa shape index (κ1) is 12.9. The topological polar surface area (TPSA) is 35.5 Å². The number of fused-ring (bicyclic) bond motifs is 1. The van der Waals surface area contributed by atoms with E-state index in [-0.39, 0.29) is 5.97 Å².